The van der Waals surface area contributed by atoms with Gasteiger partial charge < -0.3 is 10.1 Å². The summed E-state index contributed by atoms with van der Waals surface area (Å²) in [6, 6.07) is 1.12. The molecule has 1 heterocycles. The standard InChI is InChI=1S/C8H9F2N3O3/c1-16-6(14)4-11-7(15)5-2-3-12-13(5)8(9)10/h2-3,8H,4H2,1H3,(H,11,15). The molecule has 0 aromatic carbocycles. The Morgan fingerprint density at radius 3 is 2.88 bits per heavy atom. The van der Waals surface area contributed by atoms with Gasteiger partial charge in [0.05, 0.1) is 7.11 Å². The summed E-state index contributed by atoms with van der Waals surface area (Å²) in [5, 5.41) is 5.40. The van der Waals surface area contributed by atoms with Crippen molar-refractivity contribution in [1.82, 2.24) is 15.1 Å². The van der Waals surface area contributed by atoms with Gasteiger partial charge in [0.15, 0.2) is 0 Å². The molecule has 1 aromatic heterocycles. The number of carbonyl (C=O) groups excluding carboxylic acids is 2. The van der Waals surface area contributed by atoms with Gasteiger partial charge in [-0.25, -0.2) is 0 Å². The van der Waals surface area contributed by atoms with Crippen molar-refractivity contribution < 1.29 is 23.1 Å². The van der Waals surface area contributed by atoms with Crippen LogP contribution in [0.3, 0.4) is 0 Å². The predicted molar refractivity (Wildman–Crippen MR) is 47.8 cm³/mol. The molecular formula is C8H9F2N3O3. The van der Waals surface area contributed by atoms with Crippen molar-refractivity contribution in [3.63, 3.8) is 0 Å². The number of hydrogen-bond acceptors (Lipinski definition) is 4. The monoisotopic (exact) mass is 233 g/mol. The van der Waals surface area contributed by atoms with Gasteiger partial charge in [-0.1, -0.05) is 0 Å². The van der Waals surface area contributed by atoms with E-state index in [0.717, 1.165) is 19.4 Å². The predicted octanol–water partition coefficient (Wildman–Crippen LogP) is 0.181. The Kier molecular flexibility index (Phi) is 3.92. The molecule has 88 valence electrons. The summed E-state index contributed by atoms with van der Waals surface area (Å²) in [6.45, 7) is -3.29. The Bertz CT molecular complexity index is 392. The van der Waals surface area contributed by atoms with E-state index in [-0.39, 0.29) is 16.9 Å². The zero-order chi connectivity index (χ0) is 12.1. The van der Waals surface area contributed by atoms with Gasteiger partial charge in [0.1, 0.15) is 12.2 Å². The zero-order valence-electron chi connectivity index (χ0n) is 8.31. The molecule has 0 spiro atoms. The van der Waals surface area contributed by atoms with Gasteiger partial charge in [-0.05, 0) is 6.07 Å². The van der Waals surface area contributed by atoms with Crippen molar-refractivity contribution in [2.45, 2.75) is 6.55 Å². The molecule has 1 rings (SSSR count). The van der Waals surface area contributed by atoms with Crippen LogP contribution in [0.15, 0.2) is 12.3 Å². The van der Waals surface area contributed by atoms with Crippen LogP contribution in [0.1, 0.15) is 17.0 Å². The number of esters is 1. The number of halogens is 2. The third-order valence-electron chi connectivity index (χ3n) is 1.71. The summed E-state index contributed by atoms with van der Waals surface area (Å²) in [5.41, 5.74) is -0.320. The highest BCUT2D eigenvalue weighted by Crippen LogP contribution is 2.11. The summed E-state index contributed by atoms with van der Waals surface area (Å²) in [7, 11) is 1.15. The van der Waals surface area contributed by atoms with Crippen molar-refractivity contribution in [3.05, 3.63) is 18.0 Å². The summed E-state index contributed by atoms with van der Waals surface area (Å²) in [5.74, 6) is -1.49. The van der Waals surface area contributed by atoms with Crippen LogP contribution in [0.4, 0.5) is 8.78 Å². The lowest BCUT2D eigenvalue weighted by Gasteiger charge is -2.06. The van der Waals surface area contributed by atoms with E-state index < -0.39 is 18.4 Å². The molecule has 1 N–H and O–H groups in total. The van der Waals surface area contributed by atoms with Crippen molar-refractivity contribution >= 4 is 11.9 Å². The average Bonchev–Trinajstić information content (AvgIpc) is 2.74. The molecular weight excluding hydrogens is 224 g/mol. The van der Waals surface area contributed by atoms with Crippen molar-refractivity contribution in [1.29, 1.82) is 0 Å². The molecule has 1 aromatic rings. The van der Waals surface area contributed by atoms with E-state index in [0.29, 0.717) is 0 Å². The quantitative estimate of drug-likeness (QED) is 0.753. The second-order valence-corrected chi connectivity index (χ2v) is 2.70. The fraction of sp³-hybridized carbons (Fsp3) is 0.375. The Hall–Kier alpha value is -1.99. The first-order valence-corrected chi connectivity index (χ1v) is 4.23. The maximum atomic E-state index is 12.3. The first kappa shape index (κ1) is 12.1. The largest absolute Gasteiger partial charge is 0.468 e. The number of rotatable bonds is 4. The normalized spacial score (nSPS) is 10.2. The van der Waals surface area contributed by atoms with Crippen LogP contribution < -0.4 is 5.32 Å². The van der Waals surface area contributed by atoms with Crippen LogP contribution in [0.5, 0.6) is 0 Å². The molecule has 0 aliphatic rings. The minimum absolute atomic E-state index is 0.257. The van der Waals surface area contributed by atoms with Gasteiger partial charge in [-0.3, -0.25) is 9.59 Å². The SMILES string of the molecule is COC(=O)CNC(=O)c1ccnn1C(F)F. The fourth-order valence-corrected chi connectivity index (χ4v) is 0.965. The number of hydrogen-bond donors (Lipinski definition) is 1. The van der Waals surface area contributed by atoms with Crippen molar-refractivity contribution in [2.24, 2.45) is 0 Å². The Balaban J connectivity index is 2.66. The molecule has 0 unspecified atom stereocenters. The second-order valence-electron chi connectivity index (χ2n) is 2.70. The molecule has 0 bridgehead atoms. The molecule has 1 amide bonds. The van der Waals surface area contributed by atoms with E-state index >= 15 is 0 Å². The van der Waals surface area contributed by atoms with Crippen LogP contribution in [-0.2, 0) is 9.53 Å². The topological polar surface area (TPSA) is 73.2 Å². The first-order valence-electron chi connectivity index (χ1n) is 4.23. The number of amides is 1. The maximum absolute atomic E-state index is 12.3. The lowest BCUT2D eigenvalue weighted by molar-refractivity contribution is -0.139. The first-order chi connectivity index (χ1) is 7.56. The smallest absolute Gasteiger partial charge is 0.333 e. The number of ether oxygens (including phenoxy) is 1. The van der Waals surface area contributed by atoms with Crippen LogP contribution in [-0.4, -0.2) is 35.3 Å². The van der Waals surface area contributed by atoms with Gasteiger partial charge in [0, 0.05) is 6.20 Å². The van der Waals surface area contributed by atoms with E-state index in [9.17, 15) is 18.4 Å². The molecule has 0 aliphatic carbocycles. The molecule has 6 nitrogen and oxygen atoms in total. The number of nitrogens with zero attached hydrogens (tertiary/aromatic N) is 2. The highest BCUT2D eigenvalue weighted by molar-refractivity contribution is 5.94. The van der Waals surface area contributed by atoms with Crippen molar-refractivity contribution in [3.8, 4) is 0 Å². The third kappa shape index (κ3) is 2.75. The van der Waals surface area contributed by atoms with Gasteiger partial charge in [0.2, 0.25) is 0 Å². The molecule has 0 saturated carbocycles. The Labute approximate surface area is 89.2 Å². The number of methoxy groups -OCH3 is 1. The molecule has 16 heavy (non-hydrogen) atoms. The van der Waals surface area contributed by atoms with Crippen molar-refractivity contribution in [2.75, 3.05) is 13.7 Å². The lowest BCUT2D eigenvalue weighted by atomic mass is 10.4. The molecule has 0 fully saturated rings. The van der Waals surface area contributed by atoms with Gasteiger partial charge in [-0.2, -0.15) is 18.6 Å². The van der Waals surface area contributed by atoms with Gasteiger partial charge in [-0.15, -0.1) is 0 Å². The highest BCUT2D eigenvalue weighted by Gasteiger charge is 2.18. The van der Waals surface area contributed by atoms with E-state index in [1.807, 2.05) is 0 Å². The van der Waals surface area contributed by atoms with Crippen LogP contribution >= 0.6 is 0 Å². The number of nitrogens with one attached hydrogen (secondary N) is 1. The van der Waals surface area contributed by atoms with E-state index in [4.69, 9.17) is 0 Å². The summed E-state index contributed by atoms with van der Waals surface area (Å²) >= 11 is 0. The van der Waals surface area contributed by atoms with Gasteiger partial charge in [0.25, 0.3) is 5.91 Å². The number of aromatic nitrogens is 2. The van der Waals surface area contributed by atoms with E-state index in [1.165, 1.54) is 0 Å². The minimum atomic E-state index is -2.91. The van der Waals surface area contributed by atoms with Gasteiger partial charge >= 0.3 is 12.5 Å². The Morgan fingerprint density at radius 1 is 1.62 bits per heavy atom. The average molecular weight is 233 g/mol. The minimum Gasteiger partial charge on any atom is -0.468 e. The summed E-state index contributed by atoms with van der Waals surface area (Å²) in [6.07, 6.45) is 1.07. The second kappa shape index (κ2) is 5.19. The van der Waals surface area contributed by atoms with E-state index in [1.54, 1.807) is 0 Å². The Morgan fingerprint density at radius 2 is 2.31 bits per heavy atom. The fourth-order valence-electron chi connectivity index (χ4n) is 0.965. The van der Waals surface area contributed by atoms with Crippen LogP contribution in [0.2, 0.25) is 0 Å². The number of alkyl halides is 2. The lowest BCUT2D eigenvalue weighted by Crippen LogP contribution is -2.31. The summed E-state index contributed by atoms with van der Waals surface area (Å²) in [4.78, 5) is 22.0. The summed E-state index contributed by atoms with van der Waals surface area (Å²) < 4.78 is 29.2. The molecule has 0 aliphatic heterocycles. The zero-order valence-corrected chi connectivity index (χ0v) is 8.31. The third-order valence-corrected chi connectivity index (χ3v) is 1.71. The molecule has 0 radical (unpaired) electrons. The maximum Gasteiger partial charge on any atom is 0.333 e. The highest BCUT2D eigenvalue weighted by atomic mass is 19.3. The van der Waals surface area contributed by atoms with Crippen LogP contribution in [0.25, 0.3) is 0 Å². The molecule has 0 atom stereocenters. The van der Waals surface area contributed by atoms with Crippen LogP contribution in [0, 0.1) is 0 Å². The molecule has 8 heteroatoms. The van der Waals surface area contributed by atoms with E-state index in [2.05, 4.69) is 15.2 Å². The number of carbonyl (C=O) groups is 2. The molecule has 0 saturated heterocycles.